The van der Waals surface area contributed by atoms with Crippen LogP contribution < -0.4 is 15.5 Å². The van der Waals surface area contributed by atoms with Crippen LogP contribution in [0.4, 0.5) is 11.4 Å². The summed E-state index contributed by atoms with van der Waals surface area (Å²) in [7, 11) is 2.84. The summed E-state index contributed by atoms with van der Waals surface area (Å²) in [6.07, 6.45) is 3.71. The molecule has 198 valence electrons. The lowest BCUT2D eigenvalue weighted by molar-refractivity contribution is -0.119. The number of nitrogens with zero attached hydrogens (tertiary/aromatic N) is 3. The highest BCUT2D eigenvalue weighted by Crippen LogP contribution is 2.42. The Morgan fingerprint density at radius 2 is 1.82 bits per heavy atom. The minimum atomic E-state index is -0.403. The van der Waals surface area contributed by atoms with Crippen LogP contribution in [0.15, 0.2) is 91.3 Å². The number of carbonyl (C=O) groups excluding carboxylic acids is 2. The van der Waals surface area contributed by atoms with Crippen LogP contribution in [0.1, 0.15) is 33.8 Å². The van der Waals surface area contributed by atoms with Crippen molar-refractivity contribution in [2.45, 2.75) is 12.1 Å². The Morgan fingerprint density at radius 3 is 2.54 bits per heavy atom. The number of aromatic nitrogens is 2. The normalized spacial score (nSPS) is 16.6. The van der Waals surface area contributed by atoms with Gasteiger partial charge < -0.3 is 29.6 Å². The number of thiocarbonyl (C=S) groups is 1. The molecule has 9 nitrogen and oxygen atoms in total. The molecule has 2 N–H and O–H groups in total. The van der Waals surface area contributed by atoms with Gasteiger partial charge in [0.05, 0.1) is 24.4 Å². The molecule has 0 saturated carbocycles. The van der Waals surface area contributed by atoms with E-state index in [-0.39, 0.29) is 24.6 Å². The van der Waals surface area contributed by atoms with Crippen molar-refractivity contribution in [3.05, 3.63) is 108 Å². The second-order valence-corrected chi connectivity index (χ2v) is 9.26. The molecule has 39 heavy (non-hydrogen) atoms. The van der Waals surface area contributed by atoms with Crippen LogP contribution in [0.5, 0.6) is 0 Å². The first-order valence-corrected chi connectivity index (χ1v) is 12.7. The fourth-order valence-corrected chi connectivity index (χ4v) is 5.08. The molecule has 2 aromatic carbocycles. The van der Waals surface area contributed by atoms with E-state index in [2.05, 4.69) is 15.6 Å². The summed E-state index contributed by atoms with van der Waals surface area (Å²) in [5.41, 5.74) is 4.55. The van der Waals surface area contributed by atoms with Gasteiger partial charge >= 0.3 is 5.97 Å². The lowest BCUT2D eigenvalue weighted by Crippen LogP contribution is -2.30. The summed E-state index contributed by atoms with van der Waals surface area (Å²) < 4.78 is 11.9. The highest BCUT2D eigenvalue weighted by Gasteiger charge is 2.42. The predicted octanol–water partition coefficient (Wildman–Crippen LogP) is 4.42. The summed E-state index contributed by atoms with van der Waals surface area (Å²) >= 11 is 5.85. The number of nitrogens with one attached hydrogen (secondary N) is 2. The summed E-state index contributed by atoms with van der Waals surface area (Å²) in [4.78, 5) is 30.8. The van der Waals surface area contributed by atoms with Gasteiger partial charge in [-0.25, -0.2) is 4.79 Å². The first-order chi connectivity index (χ1) is 19.0. The zero-order valence-corrected chi connectivity index (χ0v) is 22.2. The molecule has 4 aromatic rings. The topological polar surface area (TPSA) is 97.7 Å². The molecule has 1 aliphatic rings. The SMILES string of the molecule is COCC(=O)Nc1ccc(N2C(=S)NC(c3ccccn3)C2c2cccn2-c2cccc(C(=O)OC)c2)cc1. The van der Waals surface area contributed by atoms with Crippen molar-refractivity contribution in [3.8, 4) is 5.69 Å². The van der Waals surface area contributed by atoms with Crippen molar-refractivity contribution in [2.24, 2.45) is 0 Å². The fraction of sp³-hybridized carbons (Fsp3) is 0.172. The Kier molecular flexibility index (Phi) is 7.67. The van der Waals surface area contributed by atoms with Gasteiger partial charge in [0, 0.05) is 42.3 Å². The number of carbonyl (C=O) groups is 2. The van der Waals surface area contributed by atoms with Crippen molar-refractivity contribution in [2.75, 3.05) is 31.0 Å². The molecule has 0 radical (unpaired) electrons. The predicted molar refractivity (Wildman–Crippen MR) is 152 cm³/mol. The Labute approximate surface area is 231 Å². The number of anilines is 2. The van der Waals surface area contributed by atoms with Gasteiger partial charge in [-0.15, -0.1) is 0 Å². The molecule has 0 bridgehead atoms. The molecule has 10 heteroatoms. The van der Waals surface area contributed by atoms with E-state index in [0.717, 1.165) is 22.8 Å². The van der Waals surface area contributed by atoms with E-state index < -0.39 is 5.97 Å². The maximum absolute atomic E-state index is 12.2. The van der Waals surface area contributed by atoms with Crippen LogP contribution in [-0.4, -0.2) is 47.4 Å². The zero-order chi connectivity index (χ0) is 27.4. The number of pyridine rings is 1. The van der Waals surface area contributed by atoms with Crippen molar-refractivity contribution in [3.63, 3.8) is 0 Å². The van der Waals surface area contributed by atoms with E-state index in [1.165, 1.54) is 14.2 Å². The molecule has 5 rings (SSSR count). The molecule has 2 atom stereocenters. The van der Waals surface area contributed by atoms with Gasteiger partial charge in [0.1, 0.15) is 12.6 Å². The average Bonchev–Trinajstić information content (AvgIpc) is 3.58. The number of esters is 1. The Bertz CT molecular complexity index is 1490. The molecule has 2 unspecified atom stereocenters. The zero-order valence-electron chi connectivity index (χ0n) is 21.4. The number of methoxy groups -OCH3 is 2. The molecule has 1 aliphatic heterocycles. The number of ether oxygens (including phenoxy) is 2. The molecular weight excluding hydrogens is 514 g/mol. The van der Waals surface area contributed by atoms with Crippen molar-refractivity contribution >= 4 is 40.6 Å². The first kappa shape index (κ1) is 26.1. The van der Waals surface area contributed by atoms with E-state index in [4.69, 9.17) is 21.7 Å². The quantitative estimate of drug-likeness (QED) is 0.250. The lowest BCUT2D eigenvalue weighted by Gasteiger charge is -2.29. The van der Waals surface area contributed by atoms with E-state index in [1.807, 2.05) is 82.4 Å². The highest BCUT2D eigenvalue weighted by atomic mass is 32.1. The van der Waals surface area contributed by atoms with Crippen molar-refractivity contribution < 1.29 is 19.1 Å². The van der Waals surface area contributed by atoms with Crippen LogP contribution in [0.25, 0.3) is 5.69 Å². The van der Waals surface area contributed by atoms with E-state index in [9.17, 15) is 9.59 Å². The van der Waals surface area contributed by atoms with Crippen LogP contribution in [-0.2, 0) is 14.3 Å². The van der Waals surface area contributed by atoms with Crippen LogP contribution in [0.2, 0.25) is 0 Å². The van der Waals surface area contributed by atoms with E-state index in [1.54, 1.807) is 18.3 Å². The van der Waals surface area contributed by atoms with Gasteiger partial charge in [-0.05, 0) is 78.9 Å². The minimum absolute atomic E-state index is 0.0239. The largest absolute Gasteiger partial charge is 0.465 e. The van der Waals surface area contributed by atoms with Crippen LogP contribution in [0, 0.1) is 0 Å². The molecule has 1 saturated heterocycles. The summed E-state index contributed by atoms with van der Waals surface area (Å²) in [6, 6.07) is 24.0. The summed E-state index contributed by atoms with van der Waals surface area (Å²) in [5.74, 6) is -0.636. The molecule has 2 aromatic heterocycles. The second kappa shape index (κ2) is 11.5. The number of rotatable bonds is 8. The molecule has 1 fully saturated rings. The second-order valence-electron chi connectivity index (χ2n) is 8.87. The maximum Gasteiger partial charge on any atom is 0.337 e. The van der Waals surface area contributed by atoms with Crippen LogP contribution in [0.3, 0.4) is 0 Å². The molecular formula is C29H27N5O4S. The van der Waals surface area contributed by atoms with Crippen molar-refractivity contribution in [1.29, 1.82) is 0 Å². The standard InChI is InChI=1S/C29H27N5O4S/c1-37-18-25(35)31-20-11-13-21(14-12-20)34-27(26(32-29(34)39)23-9-3-4-15-30-23)24-10-6-16-33(24)22-8-5-7-19(17-22)28(36)38-2/h3-17,26-27H,18H2,1-2H3,(H,31,35)(H,32,39). The molecule has 3 heterocycles. The van der Waals surface area contributed by atoms with E-state index in [0.29, 0.717) is 16.4 Å². The highest BCUT2D eigenvalue weighted by molar-refractivity contribution is 7.80. The van der Waals surface area contributed by atoms with Crippen LogP contribution >= 0.6 is 12.2 Å². The molecule has 0 aliphatic carbocycles. The summed E-state index contributed by atoms with van der Waals surface area (Å²) in [6.45, 7) is -0.0239. The smallest absolute Gasteiger partial charge is 0.337 e. The van der Waals surface area contributed by atoms with Gasteiger partial charge in [0.2, 0.25) is 5.91 Å². The molecule has 0 spiro atoms. The van der Waals surface area contributed by atoms with Gasteiger partial charge in [0.25, 0.3) is 0 Å². The number of benzene rings is 2. The van der Waals surface area contributed by atoms with Gasteiger partial charge in [-0.1, -0.05) is 12.1 Å². The van der Waals surface area contributed by atoms with Crippen molar-refractivity contribution in [1.82, 2.24) is 14.9 Å². The monoisotopic (exact) mass is 541 g/mol. The third kappa shape index (κ3) is 5.38. The van der Waals surface area contributed by atoms with E-state index >= 15 is 0 Å². The number of amides is 1. The number of hydrogen-bond donors (Lipinski definition) is 2. The van der Waals surface area contributed by atoms with Gasteiger partial charge in [0.15, 0.2) is 5.11 Å². The van der Waals surface area contributed by atoms with Gasteiger partial charge in [-0.2, -0.15) is 0 Å². The maximum atomic E-state index is 12.2. The molecule has 1 amide bonds. The Morgan fingerprint density at radius 1 is 1.00 bits per heavy atom. The average molecular weight is 542 g/mol. The minimum Gasteiger partial charge on any atom is -0.465 e. The first-order valence-electron chi connectivity index (χ1n) is 12.3. The Hall–Kier alpha value is -4.54. The Balaban J connectivity index is 1.56. The third-order valence-corrected chi connectivity index (χ3v) is 6.75. The lowest BCUT2D eigenvalue weighted by atomic mass is 10.0. The summed E-state index contributed by atoms with van der Waals surface area (Å²) in [5, 5.41) is 6.82. The third-order valence-electron chi connectivity index (χ3n) is 6.43. The number of hydrogen-bond acceptors (Lipinski definition) is 6. The fourth-order valence-electron chi connectivity index (χ4n) is 4.74. The van der Waals surface area contributed by atoms with Gasteiger partial charge in [-0.3, -0.25) is 9.78 Å².